The lowest BCUT2D eigenvalue weighted by Gasteiger charge is -2.06. The molecule has 1 aromatic carbocycles. The third-order valence-electron chi connectivity index (χ3n) is 3.07. The second kappa shape index (κ2) is 5.55. The molecule has 0 fully saturated rings. The van der Waals surface area contributed by atoms with Crippen LogP contribution in [0.3, 0.4) is 0 Å². The van der Waals surface area contributed by atoms with Crippen LogP contribution in [0.15, 0.2) is 48.7 Å². The van der Waals surface area contributed by atoms with E-state index in [0.29, 0.717) is 11.3 Å². The van der Waals surface area contributed by atoms with Crippen LogP contribution < -0.4 is 5.32 Å². The van der Waals surface area contributed by atoms with Gasteiger partial charge in [-0.05, 0) is 29.8 Å². The summed E-state index contributed by atoms with van der Waals surface area (Å²) in [5, 5.41) is 12.0. The third kappa shape index (κ3) is 2.61. The summed E-state index contributed by atoms with van der Waals surface area (Å²) in [7, 11) is 0. The number of halogens is 1. The highest BCUT2D eigenvalue weighted by atomic mass is 35.5. The maximum Gasteiger partial charge on any atom is 0.275 e. The average Bonchev–Trinajstić information content (AvgIpc) is 2.83. The van der Waals surface area contributed by atoms with Gasteiger partial charge in [-0.1, -0.05) is 29.8 Å². The molecule has 2 aromatic heterocycles. The number of amides is 1. The number of rotatable bonds is 3. The van der Waals surface area contributed by atoms with E-state index in [9.17, 15) is 4.79 Å². The maximum atomic E-state index is 12.4. The zero-order chi connectivity index (χ0) is 14.8. The molecule has 0 radical (unpaired) electrons. The number of anilines is 1. The van der Waals surface area contributed by atoms with Crippen molar-refractivity contribution in [3.63, 3.8) is 0 Å². The number of pyridine rings is 1. The topological polar surface area (TPSA) is 66.6 Å². The number of aromatic nitrogens is 2. The molecule has 0 saturated heterocycles. The van der Waals surface area contributed by atoms with Crippen molar-refractivity contribution in [3.05, 3.63) is 65.1 Å². The highest BCUT2D eigenvalue weighted by Crippen LogP contribution is 2.19. The largest absolute Gasteiger partial charge is 0.392 e. The van der Waals surface area contributed by atoms with Gasteiger partial charge >= 0.3 is 0 Å². The third-order valence-corrected chi connectivity index (χ3v) is 3.33. The number of hydrogen-bond donors (Lipinski definition) is 2. The van der Waals surface area contributed by atoms with Crippen LogP contribution in [0.2, 0.25) is 5.15 Å². The van der Waals surface area contributed by atoms with Crippen LogP contribution in [-0.2, 0) is 6.61 Å². The predicted octanol–water partition coefficient (Wildman–Crippen LogP) is 2.73. The minimum atomic E-state index is -0.353. The first kappa shape index (κ1) is 13.6. The standard InChI is InChI=1S/C15H12ClN3O2/c16-14-13(19-7-2-1-6-12(19)18-14)15(21)17-11-5-3-4-10(8-11)9-20/h1-8,20H,9H2,(H,17,21). The van der Waals surface area contributed by atoms with Gasteiger partial charge in [-0.3, -0.25) is 9.20 Å². The Labute approximate surface area is 125 Å². The normalized spacial score (nSPS) is 10.8. The summed E-state index contributed by atoms with van der Waals surface area (Å²) in [6, 6.07) is 12.4. The molecular weight excluding hydrogens is 290 g/mol. The fourth-order valence-electron chi connectivity index (χ4n) is 2.11. The van der Waals surface area contributed by atoms with Crippen LogP contribution in [0.4, 0.5) is 5.69 Å². The lowest BCUT2D eigenvalue weighted by Crippen LogP contribution is -2.15. The van der Waals surface area contributed by atoms with Gasteiger partial charge < -0.3 is 10.4 Å². The van der Waals surface area contributed by atoms with Crippen LogP contribution >= 0.6 is 11.6 Å². The average molecular weight is 302 g/mol. The van der Waals surface area contributed by atoms with Crippen molar-refractivity contribution in [1.82, 2.24) is 9.38 Å². The molecule has 0 spiro atoms. The van der Waals surface area contributed by atoms with E-state index in [2.05, 4.69) is 10.3 Å². The summed E-state index contributed by atoms with van der Waals surface area (Å²) in [5.41, 5.74) is 2.20. The van der Waals surface area contributed by atoms with Crippen LogP contribution in [0, 0.1) is 0 Å². The highest BCUT2D eigenvalue weighted by Gasteiger charge is 2.17. The van der Waals surface area contributed by atoms with Gasteiger partial charge in [-0.25, -0.2) is 4.98 Å². The Kier molecular flexibility index (Phi) is 3.60. The van der Waals surface area contributed by atoms with Crippen molar-refractivity contribution in [1.29, 1.82) is 0 Å². The molecule has 21 heavy (non-hydrogen) atoms. The number of aliphatic hydroxyl groups is 1. The number of imidazole rings is 1. The summed E-state index contributed by atoms with van der Waals surface area (Å²) >= 11 is 6.05. The molecule has 0 aliphatic carbocycles. The number of benzene rings is 1. The van der Waals surface area contributed by atoms with Crippen molar-refractivity contribution in [3.8, 4) is 0 Å². The molecule has 0 atom stereocenters. The second-order valence-corrected chi connectivity index (χ2v) is 4.85. The number of nitrogens with one attached hydrogen (secondary N) is 1. The monoisotopic (exact) mass is 301 g/mol. The van der Waals surface area contributed by atoms with E-state index >= 15 is 0 Å². The molecule has 106 valence electrons. The number of nitrogens with zero attached hydrogens (tertiary/aromatic N) is 2. The van der Waals surface area contributed by atoms with Crippen molar-refractivity contribution >= 4 is 28.8 Å². The zero-order valence-electron chi connectivity index (χ0n) is 11.0. The number of hydrogen-bond acceptors (Lipinski definition) is 3. The van der Waals surface area contributed by atoms with Crippen molar-refractivity contribution in [2.75, 3.05) is 5.32 Å². The molecule has 1 amide bonds. The first-order valence-electron chi connectivity index (χ1n) is 6.33. The summed E-state index contributed by atoms with van der Waals surface area (Å²) in [6.07, 6.45) is 1.73. The molecule has 6 heteroatoms. The van der Waals surface area contributed by atoms with Crippen LogP contribution in [0.1, 0.15) is 16.1 Å². The Balaban J connectivity index is 1.95. The maximum absolute atomic E-state index is 12.4. The summed E-state index contributed by atoms with van der Waals surface area (Å²) in [6.45, 7) is -0.0833. The van der Waals surface area contributed by atoms with Gasteiger partial charge in [0.2, 0.25) is 0 Å². The van der Waals surface area contributed by atoms with E-state index in [1.54, 1.807) is 47.0 Å². The molecule has 5 nitrogen and oxygen atoms in total. The van der Waals surface area contributed by atoms with Crippen molar-refractivity contribution in [2.45, 2.75) is 6.61 Å². The van der Waals surface area contributed by atoms with Gasteiger partial charge in [0, 0.05) is 11.9 Å². The van der Waals surface area contributed by atoms with Crippen molar-refractivity contribution < 1.29 is 9.90 Å². The lowest BCUT2D eigenvalue weighted by molar-refractivity contribution is 0.102. The molecule has 2 heterocycles. The second-order valence-electron chi connectivity index (χ2n) is 4.49. The van der Waals surface area contributed by atoms with Gasteiger partial charge in [-0.2, -0.15) is 0 Å². The molecule has 2 N–H and O–H groups in total. The first-order chi connectivity index (χ1) is 10.2. The Morgan fingerprint density at radius 1 is 1.29 bits per heavy atom. The number of fused-ring (bicyclic) bond motifs is 1. The van der Waals surface area contributed by atoms with E-state index in [-0.39, 0.29) is 23.4 Å². The quantitative estimate of drug-likeness (QED) is 0.781. The molecule has 0 aliphatic rings. The van der Waals surface area contributed by atoms with Gasteiger partial charge in [0.15, 0.2) is 10.8 Å². The molecular formula is C15H12ClN3O2. The van der Waals surface area contributed by atoms with Crippen LogP contribution in [0.5, 0.6) is 0 Å². The number of aliphatic hydroxyl groups excluding tert-OH is 1. The molecule has 3 aromatic rings. The minimum absolute atomic E-state index is 0.0833. The van der Waals surface area contributed by atoms with Gasteiger partial charge in [0.25, 0.3) is 5.91 Å². The Morgan fingerprint density at radius 2 is 2.14 bits per heavy atom. The highest BCUT2D eigenvalue weighted by molar-refractivity contribution is 6.33. The summed E-state index contributed by atoms with van der Waals surface area (Å²) in [4.78, 5) is 16.5. The molecule has 0 unspecified atom stereocenters. The fraction of sp³-hybridized carbons (Fsp3) is 0.0667. The van der Waals surface area contributed by atoms with E-state index in [4.69, 9.17) is 16.7 Å². The molecule has 0 saturated carbocycles. The fourth-order valence-corrected chi connectivity index (χ4v) is 2.37. The lowest BCUT2D eigenvalue weighted by atomic mass is 10.2. The van der Waals surface area contributed by atoms with Gasteiger partial charge in [0.05, 0.1) is 6.61 Å². The SMILES string of the molecule is O=C(Nc1cccc(CO)c1)c1c(Cl)nc2ccccn12. The van der Waals surface area contributed by atoms with Crippen molar-refractivity contribution in [2.24, 2.45) is 0 Å². The molecule has 0 aliphatic heterocycles. The Morgan fingerprint density at radius 3 is 2.95 bits per heavy atom. The Hall–Kier alpha value is -2.37. The van der Waals surface area contributed by atoms with E-state index in [1.165, 1.54) is 0 Å². The first-order valence-corrected chi connectivity index (χ1v) is 6.70. The van der Waals surface area contributed by atoms with Crippen LogP contribution in [-0.4, -0.2) is 20.4 Å². The summed E-state index contributed by atoms with van der Waals surface area (Å²) < 4.78 is 1.63. The number of carbonyl (C=O) groups is 1. The van der Waals surface area contributed by atoms with E-state index < -0.39 is 0 Å². The predicted molar refractivity (Wildman–Crippen MR) is 80.5 cm³/mol. The van der Waals surface area contributed by atoms with E-state index in [0.717, 1.165) is 5.56 Å². The minimum Gasteiger partial charge on any atom is -0.392 e. The summed E-state index contributed by atoms with van der Waals surface area (Å²) in [5.74, 6) is -0.353. The smallest absolute Gasteiger partial charge is 0.275 e. The van der Waals surface area contributed by atoms with E-state index in [1.807, 2.05) is 6.07 Å². The molecule has 0 bridgehead atoms. The van der Waals surface area contributed by atoms with Gasteiger partial charge in [0.1, 0.15) is 5.65 Å². The molecule has 3 rings (SSSR count). The van der Waals surface area contributed by atoms with Gasteiger partial charge in [-0.15, -0.1) is 0 Å². The Bertz CT molecular complexity index is 814. The number of carbonyl (C=O) groups excluding carboxylic acids is 1. The van der Waals surface area contributed by atoms with Crippen LogP contribution in [0.25, 0.3) is 5.65 Å². The zero-order valence-corrected chi connectivity index (χ0v) is 11.7.